The minimum absolute atomic E-state index is 0.276. The van der Waals surface area contributed by atoms with Gasteiger partial charge in [-0.2, -0.15) is 0 Å². The van der Waals surface area contributed by atoms with Gasteiger partial charge >= 0.3 is 0 Å². The SMILES string of the molecule is CC(C)[Si](C#Cc1nccc2cc(O)ccc12)(C(C)C)C(C)C. The van der Waals surface area contributed by atoms with Crippen molar-refractivity contribution in [3.8, 4) is 17.2 Å². The quantitative estimate of drug-likeness (QED) is 0.596. The summed E-state index contributed by atoms with van der Waals surface area (Å²) in [6.07, 6.45) is 1.77. The fourth-order valence-electron chi connectivity index (χ4n) is 3.87. The summed E-state index contributed by atoms with van der Waals surface area (Å²) >= 11 is 0. The predicted octanol–water partition coefficient (Wildman–Crippen LogP) is 5.51. The van der Waals surface area contributed by atoms with Crippen LogP contribution in [0.25, 0.3) is 10.8 Å². The van der Waals surface area contributed by atoms with Gasteiger partial charge in [0.05, 0.1) is 0 Å². The lowest BCUT2D eigenvalue weighted by Gasteiger charge is -2.38. The van der Waals surface area contributed by atoms with E-state index in [1.165, 1.54) is 0 Å². The molecular weight excluding hydrogens is 298 g/mol. The van der Waals surface area contributed by atoms with Crippen molar-refractivity contribution in [2.45, 2.75) is 58.2 Å². The molecule has 2 nitrogen and oxygen atoms in total. The van der Waals surface area contributed by atoms with Crippen LogP contribution in [-0.2, 0) is 0 Å². The van der Waals surface area contributed by atoms with Crippen molar-refractivity contribution in [2.24, 2.45) is 0 Å². The molecule has 0 atom stereocenters. The van der Waals surface area contributed by atoms with Crippen molar-refractivity contribution in [3.05, 3.63) is 36.2 Å². The Labute approximate surface area is 141 Å². The van der Waals surface area contributed by atoms with E-state index in [2.05, 4.69) is 58.0 Å². The molecule has 0 spiro atoms. The minimum atomic E-state index is -1.76. The van der Waals surface area contributed by atoms with Gasteiger partial charge in [0.15, 0.2) is 0 Å². The van der Waals surface area contributed by atoms with Gasteiger partial charge in [-0.15, -0.1) is 5.54 Å². The highest BCUT2D eigenvalue weighted by Gasteiger charge is 2.41. The topological polar surface area (TPSA) is 33.1 Å². The number of phenols is 1. The average molecular weight is 326 g/mol. The molecule has 0 bridgehead atoms. The molecule has 0 saturated carbocycles. The third-order valence-electron chi connectivity index (χ3n) is 5.01. The molecule has 3 heteroatoms. The molecule has 0 fully saturated rings. The summed E-state index contributed by atoms with van der Waals surface area (Å²) in [5, 5.41) is 11.6. The third kappa shape index (κ3) is 3.28. The maximum absolute atomic E-state index is 9.65. The van der Waals surface area contributed by atoms with Crippen molar-refractivity contribution >= 4 is 18.8 Å². The number of benzene rings is 1. The van der Waals surface area contributed by atoms with Crippen LogP contribution in [0, 0.1) is 11.5 Å². The second-order valence-electron chi connectivity index (χ2n) is 7.21. The van der Waals surface area contributed by atoms with Crippen LogP contribution in [0.1, 0.15) is 47.2 Å². The molecule has 1 heterocycles. The zero-order chi connectivity index (χ0) is 17.2. The number of nitrogens with zero attached hydrogens (tertiary/aromatic N) is 1. The maximum atomic E-state index is 9.65. The number of hydrogen-bond acceptors (Lipinski definition) is 2. The Morgan fingerprint density at radius 2 is 1.57 bits per heavy atom. The lowest BCUT2D eigenvalue weighted by molar-refractivity contribution is 0.476. The highest BCUT2D eigenvalue weighted by molar-refractivity contribution is 6.90. The van der Waals surface area contributed by atoms with Crippen LogP contribution >= 0.6 is 0 Å². The first kappa shape index (κ1) is 17.6. The molecule has 0 radical (unpaired) electrons. The first-order valence-corrected chi connectivity index (χ1v) is 10.6. The van der Waals surface area contributed by atoms with Crippen LogP contribution < -0.4 is 0 Å². The van der Waals surface area contributed by atoms with Crippen molar-refractivity contribution in [1.82, 2.24) is 4.98 Å². The number of fused-ring (bicyclic) bond motifs is 1. The fraction of sp³-hybridized carbons (Fsp3) is 0.450. The second-order valence-corrected chi connectivity index (χ2v) is 12.8. The van der Waals surface area contributed by atoms with Gasteiger partial charge in [0, 0.05) is 11.6 Å². The number of hydrogen-bond donors (Lipinski definition) is 1. The molecule has 0 aliphatic heterocycles. The largest absolute Gasteiger partial charge is 0.508 e. The zero-order valence-corrected chi connectivity index (χ0v) is 16.0. The summed E-state index contributed by atoms with van der Waals surface area (Å²) in [4.78, 5) is 4.48. The van der Waals surface area contributed by atoms with Crippen LogP contribution in [-0.4, -0.2) is 18.2 Å². The van der Waals surface area contributed by atoms with E-state index in [1.807, 2.05) is 12.1 Å². The lowest BCUT2D eigenvalue weighted by atomic mass is 10.1. The number of rotatable bonds is 3. The molecule has 2 aromatic rings. The summed E-state index contributed by atoms with van der Waals surface area (Å²) in [7, 11) is -1.76. The smallest absolute Gasteiger partial charge is 0.146 e. The van der Waals surface area contributed by atoms with Gasteiger partial charge in [-0.1, -0.05) is 47.5 Å². The minimum Gasteiger partial charge on any atom is -0.508 e. The Kier molecular flexibility index (Phi) is 5.16. The molecule has 0 amide bonds. The van der Waals surface area contributed by atoms with E-state index in [9.17, 15) is 5.11 Å². The maximum Gasteiger partial charge on any atom is 0.146 e. The first-order valence-electron chi connectivity index (χ1n) is 8.40. The number of aromatic hydroxyl groups is 1. The van der Waals surface area contributed by atoms with E-state index in [4.69, 9.17) is 0 Å². The molecule has 122 valence electrons. The molecule has 0 aliphatic rings. The van der Waals surface area contributed by atoms with Gasteiger partial charge in [0.25, 0.3) is 0 Å². The van der Waals surface area contributed by atoms with Crippen LogP contribution in [0.5, 0.6) is 5.75 Å². The zero-order valence-electron chi connectivity index (χ0n) is 15.0. The van der Waals surface area contributed by atoms with Crippen molar-refractivity contribution in [3.63, 3.8) is 0 Å². The summed E-state index contributed by atoms with van der Waals surface area (Å²) < 4.78 is 0. The van der Waals surface area contributed by atoms with E-state index in [0.29, 0.717) is 16.6 Å². The average Bonchev–Trinajstić information content (AvgIpc) is 2.46. The highest BCUT2D eigenvalue weighted by atomic mass is 28.3. The Balaban J connectivity index is 2.60. The Morgan fingerprint density at radius 3 is 2.13 bits per heavy atom. The molecule has 1 aromatic carbocycles. The van der Waals surface area contributed by atoms with E-state index in [-0.39, 0.29) is 5.75 Å². The normalized spacial score (nSPS) is 12.0. The van der Waals surface area contributed by atoms with Crippen molar-refractivity contribution in [1.29, 1.82) is 0 Å². The van der Waals surface area contributed by atoms with Crippen molar-refractivity contribution < 1.29 is 5.11 Å². The second kappa shape index (κ2) is 6.76. The summed E-state index contributed by atoms with van der Waals surface area (Å²) in [6, 6.07) is 7.29. The van der Waals surface area contributed by atoms with Crippen LogP contribution in [0.4, 0.5) is 0 Å². The molecular formula is C20H27NOSi. The third-order valence-corrected chi connectivity index (χ3v) is 11.3. The monoisotopic (exact) mass is 325 g/mol. The molecule has 0 aliphatic carbocycles. The lowest BCUT2D eigenvalue weighted by Crippen LogP contribution is -2.43. The van der Waals surface area contributed by atoms with Gasteiger partial charge in [-0.05, 0) is 46.3 Å². The van der Waals surface area contributed by atoms with E-state index in [1.54, 1.807) is 18.3 Å². The molecule has 0 unspecified atom stereocenters. The number of phenolic OH excluding ortho intramolecular Hbond substituents is 1. The molecule has 2 rings (SSSR count). The Bertz CT molecular complexity index is 731. The first-order chi connectivity index (χ1) is 10.8. The van der Waals surface area contributed by atoms with E-state index >= 15 is 0 Å². The molecule has 1 N–H and O–H groups in total. The predicted molar refractivity (Wildman–Crippen MR) is 101 cm³/mol. The van der Waals surface area contributed by atoms with Crippen LogP contribution in [0.15, 0.2) is 30.5 Å². The van der Waals surface area contributed by atoms with Gasteiger partial charge in [0.2, 0.25) is 0 Å². The van der Waals surface area contributed by atoms with Gasteiger partial charge < -0.3 is 5.11 Å². The van der Waals surface area contributed by atoms with E-state index in [0.717, 1.165) is 16.5 Å². The highest BCUT2D eigenvalue weighted by Crippen LogP contribution is 2.40. The standard InChI is InChI=1S/C20H27NOSi/c1-14(2)23(15(3)4,16(5)6)12-10-20-19-8-7-18(22)13-17(19)9-11-21-20/h7-9,11,13-16,22H,1-6H3. The summed E-state index contributed by atoms with van der Waals surface area (Å²) in [5.41, 5.74) is 6.36. The van der Waals surface area contributed by atoms with Gasteiger partial charge in [0.1, 0.15) is 19.5 Å². The number of pyridine rings is 1. The van der Waals surface area contributed by atoms with Crippen LogP contribution in [0.3, 0.4) is 0 Å². The summed E-state index contributed by atoms with van der Waals surface area (Å²) in [6.45, 7) is 13.9. The summed E-state index contributed by atoms with van der Waals surface area (Å²) in [5.74, 6) is 3.69. The Hall–Kier alpha value is -1.79. The fourth-order valence-corrected chi connectivity index (χ4v) is 9.07. The molecule has 0 saturated heterocycles. The Morgan fingerprint density at radius 1 is 0.957 bits per heavy atom. The molecule has 1 aromatic heterocycles. The van der Waals surface area contributed by atoms with Crippen molar-refractivity contribution in [2.75, 3.05) is 0 Å². The van der Waals surface area contributed by atoms with Gasteiger partial charge in [-0.25, -0.2) is 4.98 Å². The van der Waals surface area contributed by atoms with Crippen LogP contribution in [0.2, 0.25) is 16.6 Å². The molecule has 23 heavy (non-hydrogen) atoms. The van der Waals surface area contributed by atoms with E-state index < -0.39 is 8.07 Å². The van der Waals surface area contributed by atoms with Gasteiger partial charge in [-0.3, -0.25) is 0 Å². The number of aromatic nitrogens is 1.